The third-order valence-corrected chi connectivity index (χ3v) is 4.85. The number of benzene rings is 1. The Morgan fingerprint density at radius 3 is 2.71 bits per heavy atom. The molecule has 1 fully saturated rings. The first-order valence-electron chi connectivity index (χ1n) is 7.77. The molecule has 1 aromatic rings. The second-order valence-corrected chi connectivity index (χ2v) is 6.40. The van der Waals surface area contributed by atoms with Crippen LogP contribution in [-0.2, 0) is 4.79 Å². The van der Waals surface area contributed by atoms with Crippen molar-refractivity contribution in [3.05, 3.63) is 24.3 Å². The molecular weight excluding hydrogens is 282 g/mol. The lowest BCUT2D eigenvalue weighted by Gasteiger charge is -2.36. The molecule has 3 nitrogen and oxygen atoms in total. The van der Waals surface area contributed by atoms with Gasteiger partial charge < -0.3 is 9.64 Å². The second-order valence-electron chi connectivity index (χ2n) is 5.53. The zero-order valence-corrected chi connectivity index (χ0v) is 14.0. The summed E-state index contributed by atoms with van der Waals surface area (Å²) in [5.74, 6) is 0.884. The lowest BCUT2D eigenvalue weighted by Crippen LogP contribution is -2.48. The molecule has 0 radical (unpaired) electrons. The fourth-order valence-electron chi connectivity index (χ4n) is 2.86. The molecule has 2 atom stereocenters. The first-order chi connectivity index (χ1) is 10.2. The monoisotopic (exact) mass is 307 g/mol. The molecule has 1 aliphatic rings. The lowest BCUT2D eigenvalue weighted by atomic mass is 9.99. The largest absolute Gasteiger partial charge is 0.481 e. The van der Waals surface area contributed by atoms with Crippen LogP contribution in [0.4, 0.5) is 0 Å². The fraction of sp³-hybridized carbons (Fsp3) is 0.588. The number of rotatable bonds is 5. The number of amides is 1. The SMILES string of the molecule is CCC1CCCCN1C(=O)C(C)Oc1ccc(SC)cc1. The van der Waals surface area contributed by atoms with Crippen LogP contribution >= 0.6 is 11.8 Å². The van der Waals surface area contributed by atoms with Crippen LogP contribution in [0.3, 0.4) is 0 Å². The summed E-state index contributed by atoms with van der Waals surface area (Å²) in [6.07, 6.45) is 6.12. The normalized spacial score (nSPS) is 20.1. The summed E-state index contributed by atoms with van der Waals surface area (Å²) in [5.41, 5.74) is 0. The van der Waals surface area contributed by atoms with E-state index in [9.17, 15) is 4.79 Å². The van der Waals surface area contributed by atoms with Gasteiger partial charge in [0.2, 0.25) is 0 Å². The van der Waals surface area contributed by atoms with Crippen LogP contribution in [0.1, 0.15) is 39.5 Å². The number of ether oxygens (including phenoxy) is 1. The van der Waals surface area contributed by atoms with E-state index in [1.807, 2.05) is 42.3 Å². The van der Waals surface area contributed by atoms with E-state index >= 15 is 0 Å². The van der Waals surface area contributed by atoms with Crippen molar-refractivity contribution >= 4 is 17.7 Å². The van der Waals surface area contributed by atoms with Crippen LogP contribution in [0.25, 0.3) is 0 Å². The first kappa shape index (κ1) is 16.2. The maximum absolute atomic E-state index is 12.6. The van der Waals surface area contributed by atoms with E-state index in [-0.39, 0.29) is 5.91 Å². The van der Waals surface area contributed by atoms with Crippen molar-refractivity contribution in [3.8, 4) is 5.75 Å². The number of carbonyl (C=O) groups is 1. The molecule has 0 N–H and O–H groups in total. The molecule has 1 saturated heterocycles. The van der Waals surface area contributed by atoms with E-state index in [0.717, 1.165) is 31.6 Å². The summed E-state index contributed by atoms with van der Waals surface area (Å²) in [7, 11) is 0. The minimum absolute atomic E-state index is 0.121. The highest BCUT2D eigenvalue weighted by Gasteiger charge is 2.29. The molecule has 0 aliphatic carbocycles. The molecule has 21 heavy (non-hydrogen) atoms. The van der Waals surface area contributed by atoms with Crippen molar-refractivity contribution in [1.82, 2.24) is 4.90 Å². The molecule has 2 unspecified atom stereocenters. The van der Waals surface area contributed by atoms with Gasteiger partial charge in [0.15, 0.2) is 6.10 Å². The van der Waals surface area contributed by atoms with Crippen LogP contribution < -0.4 is 4.74 Å². The van der Waals surface area contributed by atoms with E-state index in [1.165, 1.54) is 11.3 Å². The minimum atomic E-state index is -0.419. The Labute approximate surface area is 132 Å². The van der Waals surface area contributed by atoms with Crippen LogP contribution in [0.2, 0.25) is 0 Å². The quantitative estimate of drug-likeness (QED) is 0.771. The average Bonchev–Trinajstić information content (AvgIpc) is 2.54. The van der Waals surface area contributed by atoms with Gasteiger partial charge in [-0.2, -0.15) is 0 Å². The van der Waals surface area contributed by atoms with Crippen molar-refractivity contribution in [3.63, 3.8) is 0 Å². The van der Waals surface area contributed by atoms with Gasteiger partial charge in [-0.05, 0) is 63.1 Å². The number of piperidine rings is 1. The van der Waals surface area contributed by atoms with E-state index in [4.69, 9.17) is 4.74 Å². The number of nitrogens with zero attached hydrogens (tertiary/aromatic N) is 1. The third-order valence-electron chi connectivity index (χ3n) is 4.10. The molecule has 0 saturated carbocycles. The average molecular weight is 307 g/mol. The molecule has 4 heteroatoms. The molecule has 116 valence electrons. The lowest BCUT2D eigenvalue weighted by molar-refractivity contribution is -0.141. The molecule has 1 aromatic carbocycles. The fourth-order valence-corrected chi connectivity index (χ4v) is 3.27. The van der Waals surface area contributed by atoms with Crippen molar-refractivity contribution < 1.29 is 9.53 Å². The summed E-state index contributed by atoms with van der Waals surface area (Å²) in [6.45, 7) is 4.88. The standard InChI is InChI=1S/C17H25NO2S/c1-4-14-7-5-6-12-18(14)17(19)13(2)20-15-8-10-16(21-3)11-9-15/h8-11,13-14H,4-7,12H2,1-3H3. The first-order valence-corrected chi connectivity index (χ1v) is 8.99. The minimum Gasteiger partial charge on any atom is -0.481 e. The smallest absolute Gasteiger partial charge is 0.263 e. The van der Waals surface area contributed by atoms with Crippen molar-refractivity contribution in [2.75, 3.05) is 12.8 Å². The van der Waals surface area contributed by atoms with Crippen LogP contribution in [0.5, 0.6) is 5.75 Å². The molecule has 1 aliphatic heterocycles. The molecule has 0 aromatic heterocycles. The number of likely N-dealkylation sites (tertiary alicyclic amines) is 1. The highest BCUT2D eigenvalue weighted by molar-refractivity contribution is 7.98. The molecular formula is C17H25NO2S. The van der Waals surface area contributed by atoms with Gasteiger partial charge in [-0.1, -0.05) is 6.92 Å². The van der Waals surface area contributed by atoms with E-state index < -0.39 is 6.10 Å². The molecule has 2 rings (SSSR count). The second kappa shape index (κ2) is 7.74. The number of thioether (sulfide) groups is 1. The molecule has 1 amide bonds. The van der Waals surface area contributed by atoms with Crippen LogP contribution in [0, 0.1) is 0 Å². The summed E-state index contributed by atoms with van der Waals surface area (Å²) < 4.78 is 5.82. The van der Waals surface area contributed by atoms with Crippen molar-refractivity contribution in [1.29, 1.82) is 0 Å². The molecule has 0 bridgehead atoms. The van der Waals surface area contributed by atoms with Crippen LogP contribution in [-0.4, -0.2) is 35.8 Å². The summed E-state index contributed by atoms with van der Waals surface area (Å²) >= 11 is 1.70. The summed E-state index contributed by atoms with van der Waals surface area (Å²) in [6, 6.07) is 8.29. The Balaban J connectivity index is 1.97. The highest BCUT2D eigenvalue weighted by atomic mass is 32.2. The van der Waals surface area contributed by atoms with Crippen LogP contribution in [0.15, 0.2) is 29.2 Å². The van der Waals surface area contributed by atoms with Crippen molar-refractivity contribution in [2.24, 2.45) is 0 Å². The Bertz CT molecular complexity index is 460. The van der Waals surface area contributed by atoms with Gasteiger partial charge >= 0.3 is 0 Å². The maximum atomic E-state index is 12.6. The Morgan fingerprint density at radius 2 is 2.10 bits per heavy atom. The van der Waals surface area contributed by atoms with Gasteiger partial charge in [0.05, 0.1) is 0 Å². The topological polar surface area (TPSA) is 29.5 Å². The van der Waals surface area contributed by atoms with E-state index in [1.54, 1.807) is 11.8 Å². The van der Waals surface area contributed by atoms with Gasteiger partial charge in [0.1, 0.15) is 5.75 Å². The summed E-state index contributed by atoms with van der Waals surface area (Å²) in [5, 5.41) is 0. The molecule has 0 spiro atoms. The van der Waals surface area contributed by atoms with E-state index in [0.29, 0.717) is 6.04 Å². The highest BCUT2D eigenvalue weighted by Crippen LogP contribution is 2.23. The number of carbonyl (C=O) groups excluding carboxylic acids is 1. The van der Waals surface area contributed by atoms with Gasteiger partial charge in [0.25, 0.3) is 5.91 Å². The van der Waals surface area contributed by atoms with Gasteiger partial charge in [-0.15, -0.1) is 11.8 Å². The third kappa shape index (κ3) is 4.16. The number of hydrogen-bond acceptors (Lipinski definition) is 3. The van der Waals surface area contributed by atoms with Gasteiger partial charge in [-0.3, -0.25) is 4.79 Å². The van der Waals surface area contributed by atoms with Gasteiger partial charge in [-0.25, -0.2) is 0 Å². The van der Waals surface area contributed by atoms with Crippen molar-refractivity contribution in [2.45, 2.75) is 56.6 Å². The molecule has 1 heterocycles. The summed E-state index contributed by atoms with van der Waals surface area (Å²) in [4.78, 5) is 15.8. The number of hydrogen-bond donors (Lipinski definition) is 0. The Kier molecular flexibility index (Phi) is 5.97. The Hall–Kier alpha value is -1.16. The predicted octanol–water partition coefficient (Wildman–Crippen LogP) is 3.97. The zero-order chi connectivity index (χ0) is 15.2. The Morgan fingerprint density at radius 1 is 1.38 bits per heavy atom. The predicted molar refractivity (Wildman–Crippen MR) is 88.0 cm³/mol. The van der Waals surface area contributed by atoms with E-state index in [2.05, 4.69) is 6.92 Å². The maximum Gasteiger partial charge on any atom is 0.263 e. The zero-order valence-electron chi connectivity index (χ0n) is 13.2. The van der Waals surface area contributed by atoms with Gasteiger partial charge in [0, 0.05) is 17.5 Å².